The zero-order valence-corrected chi connectivity index (χ0v) is 23.0. The van der Waals surface area contributed by atoms with Crippen LogP contribution in [-0.2, 0) is 10.2 Å². The number of fused-ring (bicyclic) bond motifs is 2. The molecule has 1 saturated heterocycles. The predicted molar refractivity (Wildman–Crippen MR) is 147 cm³/mol. The van der Waals surface area contributed by atoms with Gasteiger partial charge in [0.05, 0.1) is 16.3 Å². The number of alkyl halides is 2. The maximum atomic E-state index is 14.4. The monoisotopic (exact) mass is 595 g/mol. The molecule has 13 heteroatoms. The third-order valence-electron chi connectivity index (χ3n) is 8.39. The summed E-state index contributed by atoms with van der Waals surface area (Å²) < 4.78 is 41.1. The molecule has 42 heavy (non-hydrogen) atoms. The van der Waals surface area contributed by atoms with Crippen LogP contribution in [0.25, 0.3) is 0 Å². The highest BCUT2D eigenvalue weighted by Gasteiger charge is 2.59. The minimum atomic E-state index is -2.91. The molecule has 1 N–H and O–H groups in total. The summed E-state index contributed by atoms with van der Waals surface area (Å²) in [6.07, 6.45) is 3.65. The molecule has 0 bridgehead atoms. The summed E-state index contributed by atoms with van der Waals surface area (Å²) in [6.45, 7) is 0.984. The van der Waals surface area contributed by atoms with Crippen LogP contribution in [0.3, 0.4) is 0 Å². The highest BCUT2D eigenvalue weighted by molar-refractivity contribution is 6.30. The Hall–Kier alpha value is -4.24. The third kappa shape index (κ3) is 4.81. The second-order valence-electron chi connectivity index (χ2n) is 10.9. The van der Waals surface area contributed by atoms with Crippen molar-refractivity contribution in [1.29, 1.82) is 5.26 Å². The number of nitriles is 1. The number of hydrogen-bond donors (Lipinski definition) is 1. The van der Waals surface area contributed by atoms with Gasteiger partial charge in [0.15, 0.2) is 11.5 Å². The fourth-order valence-corrected chi connectivity index (χ4v) is 6.47. The lowest BCUT2D eigenvalue weighted by Crippen LogP contribution is -2.64. The van der Waals surface area contributed by atoms with Gasteiger partial charge in [-0.3, -0.25) is 14.6 Å². The van der Waals surface area contributed by atoms with Gasteiger partial charge >= 0.3 is 0 Å². The minimum absolute atomic E-state index is 0.0924. The van der Waals surface area contributed by atoms with Crippen molar-refractivity contribution in [3.05, 3.63) is 76.2 Å². The molecular weight excluding hydrogens is 571 g/mol. The summed E-state index contributed by atoms with van der Waals surface area (Å²) in [5, 5.41) is 12.3. The Morgan fingerprint density at radius 2 is 1.88 bits per heavy atom. The molecule has 2 fully saturated rings. The van der Waals surface area contributed by atoms with E-state index >= 15 is 0 Å². The van der Waals surface area contributed by atoms with Gasteiger partial charge in [0.2, 0.25) is 5.91 Å². The van der Waals surface area contributed by atoms with Crippen molar-refractivity contribution in [3.8, 4) is 6.07 Å². The second kappa shape index (κ2) is 10.9. The first-order chi connectivity index (χ1) is 20.2. The van der Waals surface area contributed by atoms with Gasteiger partial charge in [0.1, 0.15) is 23.0 Å². The fourth-order valence-electron chi connectivity index (χ4n) is 6.31. The van der Waals surface area contributed by atoms with E-state index in [0.717, 1.165) is 11.8 Å². The van der Waals surface area contributed by atoms with E-state index in [2.05, 4.69) is 20.3 Å². The Morgan fingerprint density at radius 3 is 2.60 bits per heavy atom. The Morgan fingerprint density at radius 1 is 1.14 bits per heavy atom. The van der Waals surface area contributed by atoms with Gasteiger partial charge in [-0.25, -0.2) is 23.1 Å². The number of pyridine rings is 1. The number of benzene rings is 1. The van der Waals surface area contributed by atoms with Crippen LogP contribution in [0.4, 0.5) is 24.7 Å². The predicted octanol–water partition coefficient (Wildman–Crippen LogP) is 4.57. The van der Waals surface area contributed by atoms with Crippen molar-refractivity contribution in [2.24, 2.45) is 5.92 Å². The van der Waals surface area contributed by atoms with Crippen LogP contribution in [0.5, 0.6) is 0 Å². The molecule has 0 atom stereocenters. The summed E-state index contributed by atoms with van der Waals surface area (Å²) >= 11 is 5.89. The topological polar surface area (TPSA) is 115 Å². The van der Waals surface area contributed by atoms with Gasteiger partial charge in [-0.05, 0) is 55.4 Å². The van der Waals surface area contributed by atoms with E-state index in [1.807, 2.05) is 11.0 Å². The number of halogens is 4. The second-order valence-corrected chi connectivity index (χ2v) is 11.4. The smallest absolute Gasteiger partial charge is 0.281 e. The summed E-state index contributed by atoms with van der Waals surface area (Å²) in [6, 6.07) is 7.39. The van der Waals surface area contributed by atoms with Crippen molar-refractivity contribution in [2.45, 2.75) is 43.6 Å². The number of carbonyl (C=O) groups excluding carboxylic acids is 2. The van der Waals surface area contributed by atoms with Crippen LogP contribution in [0.15, 0.2) is 42.9 Å². The largest absolute Gasteiger partial charge is 0.351 e. The number of carbonyl (C=O) groups is 2. The first kappa shape index (κ1) is 27.9. The van der Waals surface area contributed by atoms with Gasteiger partial charge in [0, 0.05) is 44.3 Å². The molecule has 1 aliphatic carbocycles. The molecule has 216 valence electrons. The first-order valence-corrected chi connectivity index (χ1v) is 13.9. The van der Waals surface area contributed by atoms with Gasteiger partial charge < -0.3 is 15.1 Å². The lowest BCUT2D eigenvalue weighted by molar-refractivity contribution is -0.124. The highest BCUT2D eigenvalue weighted by Crippen LogP contribution is 2.49. The number of hydrogen-bond acceptors (Lipinski definition) is 7. The number of amides is 2. The van der Waals surface area contributed by atoms with Crippen LogP contribution in [-0.4, -0.2) is 52.4 Å². The van der Waals surface area contributed by atoms with Crippen molar-refractivity contribution in [1.82, 2.24) is 20.3 Å². The van der Waals surface area contributed by atoms with Gasteiger partial charge in [0.25, 0.3) is 12.3 Å². The quantitative estimate of drug-likeness (QED) is 0.444. The Kier molecular flexibility index (Phi) is 7.22. The average Bonchev–Trinajstić information content (AvgIpc) is 3.19. The molecule has 6 rings (SSSR count). The van der Waals surface area contributed by atoms with Crippen LogP contribution < -0.4 is 15.1 Å². The van der Waals surface area contributed by atoms with Crippen LogP contribution in [0, 0.1) is 23.1 Å². The van der Waals surface area contributed by atoms with Crippen molar-refractivity contribution in [2.75, 3.05) is 29.4 Å². The van der Waals surface area contributed by atoms with E-state index in [9.17, 15) is 28.0 Å². The van der Waals surface area contributed by atoms with E-state index in [-0.39, 0.29) is 34.1 Å². The van der Waals surface area contributed by atoms with Crippen molar-refractivity contribution >= 4 is 34.9 Å². The molecule has 3 aliphatic rings. The summed E-state index contributed by atoms with van der Waals surface area (Å²) in [5.41, 5.74) is -0.262. The van der Waals surface area contributed by atoms with Crippen molar-refractivity contribution in [3.63, 3.8) is 0 Å². The Balaban J connectivity index is 1.13. The van der Waals surface area contributed by atoms with E-state index in [0.29, 0.717) is 56.8 Å². The molecule has 0 unspecified atom stereocenters. The van der Waals surface area contributed by atoms with Crippen LogP contribution in [0.1, 0.15) is 59.4 Å². The van der Waals surface area contributed by atoms with Gasteiger partial charge in [-0.2, -0.15) is 5.26 Å². The number of nitrogens with one attached hydrogen (secondary N) is 1. The Bertz CT molecular complexity index is 1600. The zero-order valence-electron chi connectivity index (χ0n) is 22.2. The summed E-state index contributed by atoms with van der Waals surface area (Å²) in [7, 11) is 0. The fraction of sp³-hybridized carbons (Fsp3) is 0.379. The maximum Gasteiger partial charge on any atom is 0.281 e. The van der Waals surface area contributed by atoms with Gasteiger partial charge in [-0.15, -0.1) is 0 Å². The third-order valence-corrected chi connectivity index (χ3v) is 8.59. The molecule has 0 radical (unpaired) electrons. The van der Waals surface area contributed by atoms with Crippen LogP contribution >= 0.6 is 11.6 Å². The lowest BCUT2D eigenvalue weighted by Gasteiger charge is -2.47. The Labute approximate surface area is 244 Å². The van der Waals surface area contributed by atoms with E-state index in [4.69, 9.17) is 11.6 Å². The minimum Gasteiger partial charge on any atom is -0.351 e. The molecular formula is C29H25ClF3N7O2. The molecule has 2 amide bonds. The molecule has 3 aromatic rings. The molecule has 1 spiro atoms. The SMILES string of the molecule is N#Cc1nccnc1N1CC2(C1)C(=O)N(C[C@H]1CC[C@H](NC(=O)c3cc(Cl)cnc3C(F)F)CC1)c1cc(F)ccc12. The molecule has 1 aromatic carbocycles. The first-order valence-electron chi connectivity index (χ1n) is 13.5. The number of aromatic nitrogens is 3. The maximum absolute atomic E-state index is 14.4. The number of anilines is 2. The highest BCUT2D eigenvalue weighted by atomic mass is 35.5. The molecule has 4 heterocycles. The molecule has 1 saturated carbocycles. The summed E-state index contributed by atoms with van der Waals surface area (Å²) in [5.74, 6) is -0.702. The molecule has 9 nitrogen and oxygen atoms in total. The molecule has 2 aliphatic heterocycles. The summed E-state index contributed by atoms with van der Waals surface area (Å²) in [4.78, 5) is 42.1. The number of nitrogens with zero attached hydrogens (tertiary/aromatic N) is 6. The van der Waals surface area contributed by atoms with E-state index in [1.165, 1.54) is 30.6 Å². The van der Waals surface area contributed by atoms with E-state index in [1.54, 1.807) is 11.0 Å². The van der Waals surface area contributed by atoms with Crippen molar-refractivity contribution < 1.29 is 22.8 Å². The normalized spacial score (nSPS) is 20.8. The average molecular weight is 596 g/mol. The number of rotatable bonds is 6. The molecule has 2 aromatic heterocycles. The van der Waals surface area contributed by atoms with Gasteiger partial charge in [-0.1, -0.05) is 17.7 Å². The van der Waals surface area contributed by atoms with E-state index < -0.39 is 29.3 Å². The zero-order chi connectivity index (χ0) is 29.6. The lowest BCUT2D eigenvalue weighted by atomic mass is 9.74. The standard InChI is InChI=1S/C29H25ClF3N7O2/c30-17-9-20(24(25(32)33)37-12-17)27(41)38-19-4-1-16(2-5-19)13-40-23-10-18(31)3-6-21(23)29(28(40)42)14-39(15-29)26-22(11-34)35-7-8-36-26/h3,6-10,12,16,19,25H,1-2,4-5,13-15H2,(H,38,41)/t16-,19-. The van der Waals surface area contributed by atoms with Crippen LogP contribution in [0.2, 0.25) is 5.02 Å².